The molecule has 0 bridgehead atoms. The van der Waals surface area contributed by atoms with Crippen LogP contribution in [0.2, 0.25) is 0 Å². The van der Waals surface area contributed by atoms with Gasteiger partial charge >= 0.3 is 0 Å². The predicted molar refractivity (Wildman–Crippen MR) is 104 cm³/mol. The van der Waals surface area contributed by atoms with Crippen LogP contribution in [0.1, 0.15) is 25.0 Å². The van der Waals surface area contributed by atoms with E-state index in [1.54, 1.807) is 6.92 Å². The highest BCUT2D eigenvalue weighted by Gasteiger charge is 2.23. The first-order valence-electron chi connectivity index (χ1n) is 8.88. The van der Waals surface area contributed by atoms with Gasteiger partial charge in [-0.1, -0.05) is 60.7 Å². The Balaban J connectivity index is 1.92. The average Bonchev–Trinajstić information content (AvgIpc) is 2.66. The number of rotatable bonds is 8. The second-order valence-electron chi connectivity index (χ2n) is 6.38. The van der Waals surface area contributed by atoms with Crippen LogP contribution in [0.4, 0.5) is 0 Å². The zero-order chi connectivity index (χ0) is 19.6. The van der Waals surface area contributed by atoms with Crippen LogP contribution >= 0.6 is 0 Å². The van der Waals surface area contributed by atoms with Gasteiger partial charge in [-0.3, -0.25) is 14.4 Å². The summed E-state index contributed by atoms with van der Waals surface area (Å²) in [6.07, 6.45) is 0.352. The van der Waals surface area contributed by atoms with Gasteiger partial charge in [0.1, 0.15) is 12.1 Å². The van der Waals surface area contributed by atoms with Crippen LogP contribution in [0.3, 0.4) is 0 Å². The summed E-state index contributed by atoms with van der Waals surface area (Å²) in [7, 11) is 0. The molecule has 0 aliphatic carbocycles. The lowest BCUT2D eigenvalue weighted by atomic mass is 10.0. The fourth-order valence-electron chi connectivity index (χ4n) is 2.62. The van der Waals surface area contributed by atoms with Crippen LogP contribution in [0, 0.1) is 0 Å². The van der Waals surface area contributed by atoms with Crippen LogP contribution in [-0.4, -0.2) is 29.8 Å². The number of hydrogen-bond acceptors (Lipinski definition) is 3. The Morgan fingerprint density at radius 3 is 1.93 bits per heavy atom. The summed E-state index contributed by atoms with van der Waals surface area (Å²) in [5.41, 5.74) is 1.90. The van der Waals surface area contributed by atoms with E-state index in [2.05, 4.69) is 16.0 Å². The lowest BCUT2D eigenvalue weighted by molar-refractivity contribution is -0.131. The molecular weight excluding hydrogens is 342 g/mol. The van der Waals surface area contributed by atoms with Gasteiger partial charge in [-0.15, -0.1) is 0 Å². The monoisotopic (exact) mass is 367 g/mol. The smallest absolute Gasteiger partial charge is 0.243 e. The van der Waals surface area contributed by atoms with Crippen molar-refractivity contribution in [2.24, 2.45) is 0 Å². The molecule has 3 N–H and O–H groups in total. The summed E-state index contributed by atoms with van der Waals surface area (Å²) in [5, 5.41) is 8.12. The number of carbonyl (C=O) groups excluding carboxylic acids is 3. The van der Waals surface area contributed by atoms with E-state index in [4.69, 9.17) is 0 Å². The maximum absolute atomic E-state index is 12.6. The minimum absolute atomic E-state index is 0.284. The Bertz CT molecular complexity index is 763. The molecule has 2 aromatic carbocycles. The topological polar surface area (TPSA) is 87.3 Å². The third-order valence-electron chi connectivity index (χ3n) is 4.04. The molecule has 6 nitrogen and oxygen atoms in total. The summed E-state index contributed by atoms with van der Waals surface area (Å²) in [6, 6.07) is 17.5. The summed E-state index contributed by atoms with van der Waals surface area (Å²) in [5.74, 6) is -0.975. The summed E-state index contributed by atoms with van der Waals surface area (Å²) < 4.78 is 0. The van der Waals surface area contributed by atoms with E-state index in [9.17, 15) is 14.4 Å². The minimum atomic E-state index is -0.741. The molecular formula is C21H25N3O3. The molecule has 0 aliphatic heterocycles. The van der Waals surface area contributed by atoms with E-state index >= 15 is 0 Å². The van der Waals surface area contributed by atoms with E-state index in [0.717, 1.165) is 11.1 Å². The molecule has 0 radical (unpaired) electrons. The summed E-state index contributed by atoms with van der Waals surface area (Å²) >= 11 is 0. The first kappa shape index (κ1) is 20.2. The Morgan fingerprint density at radius 1 is 0.815 bits per heavy atom. The molecule has 0 saturated heterocycles. The van der Waals surface area contributed by atoms with Gasteiger partial charge in [-0.05, 0) is 18.1 Å². The Hall–Kier alpha value is -3.15. The van der Waals surface area contributed by atoms with Crippen LogP contribution in [0.5, 0.6) is 0 Å². The SMILES string of the molecule is CC(=O)N[C@@H](Cc1ccccc1)C(=O)N[C@@H](C)C(=O)NCc1ccccc1. The van der Waals surface area contributed by atoms with Gasteiger partial charge in [-0.25, -0.2) is 0 Å². The number of benzene rings is 2. The predicted octanol–water partition coefficient (Wildman–Crippen LogP) is 1.55. The van der Waals surface area contributed by atoms with Gasteiger partial charge in [0.05, 0.1) is 0 Å². The lowest BCUT2D eigenvalue weighted by Crippen LogP contribution is -2.53. The van der Waals surface area contributed by atoms with Crippen molar-refractivity contribution in [1.82, 2.24) is 16.0 Å². The average molecular weight is 367 g/mol. The zero-order valence-corrected chi connectivity index (χ0v) is 15.6. The van der Waals surface area contributed by atoms with Crippen LogP contribution in [0.25, 0.3) is 0 Å². The third-order valence-corrected chi connectivity index (χ3v) is 4.04. The van der Waals surface area contributed by atoms with Gasteiger partial charge < -0.3 is 16.0 Å². The molecule has 0 spiro atoms. The maximum Gasteiger partial charge on any atom is 0.243 e. The highest BCUT2D eigenvalue weighted by Crippen LogP contribution is 2.04. The molecule has 0 unspecified atom stereocenters. The van der Waals surface area contributed by atoms with Gasteiger partial charge in [0.2, 0.25) is 17.7 Å². The minimum Gasteiger partial charge on any atom is -0.350 e. The molecule has 0 aromatic heterocycles. The van der Waals surface area contributed by atoms with Crippen LogP contribution in [-0.2, 0) is 27.3 Å². The molecule has 0 heterocycles. The van der Waals surface area contributed by atoms with Crippen molar-refractivity contribution in [1.29, 1.82) is 0 Å². The van der Waals surface area contributed by atoms with E-state index in [0.29, 0.717) is 13.0 Å². The zero-order valence-electron chi connectivity index (χ0n) is 15.6. The van der Waals surface area contributed by atoms with E-state index in [-0.39, 0.29) is 11.8 Å². The van der Waals surface area contributed by atoms with Crippen molar-refractivity contribution in [3.8, 4) is 0 Å². The van der Waals surface area contributed by atoms with Crippen LogP contribution < -0.4 is 16.0 Å². The fraction of sp³-hybridized carbons (Fsp3) is 0.286. The number of carbonyl (C=O) groups is 3. The highest BCUT2D eigenvalue weighted by molar-refractivity contribution is 5.91. The third kappa shape index (κ3) is 6.93. The van der Waals surface area contributed by atoms with E-state index < -0.39 is 18.0 Å². The van der Waals surface area contributed by atoms with Crippen molar-refractivity contribution in [3.05, 3.63) is 71.8 Å². The largest absolute Gasteiger partial charge is 0.350 e. The van der Waals surface area contributed by atoms with Crippen molar-refractivity contribution in [2.75, 3.05) is 0 Å². The lowest BCUT2D eigenvalue weighted by Gasteiger charge is -2.21. The molecule has 3 amide bonds. The first-order valence-corrected chi connectivity index (χ1v) is 8.88. The van der Waals surface area contributed by atoms with E-state index in [1.165, 1.54) is 6.92 Å². The maximum atomic E-state index is 12.6. The Labute approximate surface area is 159 Å². The molecule has 2 aromatic rings. The van der Waals surface area contributed by atoms with Crippen LogP contribution in [0.15, 0.2) is 60.7 Å². The van der Waals surface area contributed by atoms with Gasteiger partial charge in [-0.2, -0.15) is 0 Å². The summed E-state index contributed by atoms with van der Waals surface area (Å²) in [4.78, 5) is 36.3. The molecule has 27 heavy (non-hydrogen) atoms. The molecule has 0 fully saturated rings. The second-order valence-corrected chi connectivity index (χ2v) is 6.38. The highest BCUT2D eigenvalue weighted by atomic mass is 16.2. The molecule has 142 valence electrons. The van der Waals surface area contributed by atoms with Crippen molar-refractivity contribution < 1.29 is 14.4 Å². The number of hydrogen-bond donors (Lipinski definition) is 3. The second kappa shape index (κ2) is 10.1. The number of amides is 3. The van der Waals surface area contributed by atoms with E-state index in [1.807, 2.05) is 60.7 Å². The molecule has 6 heteroatoms. The standard InChI is InChI=1S/C21H25N3O3/c1-15(20(26)22-14-18-11-7-4-8-12-18)23-21(27)19(24-16(2)25)13-17-9-5-3-6-10-17/h3-12,15,19H,13-14H2,1-2H3,(H,22,26)(H,23,27)(H,24,25)/t15-,19-/m0/s1. The molecule has 0 saturated carbocycles. The first-order chi connectivity index (χ1) is 13.0. The summed E-state index contributed by atoms with van der Waals surface area (Å²) in [6.45, 7) is 3.37. The molecule has 0 aliphatic rings. The Morgan fingerprint density at radius 2 is 1.37 bits per heavy atom. The van der Waals surface area contributed by atoms with Gasteiger partial charge in [0.25, 0.3) is 0 Å². The van der Waals surface area contributed by atoms with Gasteiger partial charge in [0, 0.05) is 19.9 Å². The molecule has 2 atom stereocenters. The van der Waals surface area contributed by atoms with Gasteiger partial charge in [0.15, 0.2) is 0 Å². The molecule has 2 rings (SSSR count). The quantitative estimate of drug-likeness (QED) is 0.662. The Kier molecular flexibility index (Phi) is 7.55. The number of nitrogens with one attached hydrogen (secondary N) is 3. The van der Waals surface area contributed by atoms with Crippen molar-refractivity contribution >= 4 is 17.7 Å². The fourth-order valence-corrected chi connectivity index (χ4v) is 2.62. The van der Waals surface area contributed by atoms with Crippen molar-refractivity contribution in [3.63, 3.8) is 0 Å². The normalized spacial score (nSPS) is 12.5. The van der Waals surface area contributed by atoms with Crippen molar-refractivity contribution in [2.45, 2.75) is 38.9 Å².